The minimum atomic E-state index is -0.214. The fourth-order valence-corrected chi connectivity index (χ4v) is 5.21. The molecule has 5 aromatic rings. The highest BCUT2D eigenvalue weighted by Gasteiger charge is 2.29. The molecule has 1 atom stereocenters. The summed E-state index contributed by atoms with van der Waals surface area (Å²) in [6, 6.07) is 20.1. The number of fused-ring (bicyclic) bond motifs is 2. The van der Waals surface area contributed by atoms with Gasteiger partial charge in [0.15, 0.2) is 0 Å². The molecule has 0 radical (unpaired) electrons. The minimum absolute atomic E-state index is 0.0799. The third-order valence-electron chi connectivity index (χ3n) is 7.15. The van der Waals surface area contributed by atoms with Gasteiger partial charge in [-0.1, -0.05) is 36.9 Å². The van der Waals surface area contributed by atoms with Crippen molar-refractivity contribution in [3.05, 3.63) is 96.1 Å². The van der Waals surface area contributed by atoms with Crippen LogP contribution in [0, 0.1) is 6.92 Å². The van der Waals surface area contributed by atoms with Crippen molar-refractivity contribution < 1.29 is 9.53 Å². The lowest BCUT2D eigenvalue weighted by atomic mass is 9.93. The molecule has 0 aliphatic carbocycles. The second kappa shape index (κ2) is 9.40. The Balaban J connectivity index is 1.47. The summed E-state index contributed by atoms with van der Waals surface area (Å²) in [5, 5.41) is 3.64. The minimum Gasteiger partial charge on any atom is -0.492 e. The van der Waals surface area contributed by atoms with Crippen molar-refractivity contribution in [3.63, 3.8) is 0 Å². The molecule has 0 fully saturated rings. The largest absolute Gasteiger partial charge is 0.492 e. The first kappa shape index (κ1) is 24.4. The SMILES string of the molecule is C=C(C)C(=O)Nc1ccc(-c2c(-c3ccc4c(c3)OC[C@@H]4c3cccc(C)n3)c3c(N)ncnc3n2C)cc1. The molecule has 0 unspecified atom stereocenters. The zero-order valence-corrected chi connectivity index (χ0v) is 22.0. The van der Waals surface area contributed by atoms with Crippen LogP contribution < -0.4 is 15.8 Å². The highest BCUT2D eigenvalue weighted by molar-refractivity contribution is 6.08. The maximum Gasteiger partial charge on any atom is 0.250 e. The van der Waals surface area contributed by atoms with E-state index < -0.39 is 0 Å². The number of anilines is 2. The van der Waals surface area contributed by atoms with Gasteiger partial charge in [-0.25, -0.2) is 9.97 Å². The molecular formula is C31H28N6O2. The average Bonchev–Trinajstić information content (AvgIpc) is 3.48. The van der Waals surface area contributed by atoms with Gasteiger partial charge in [0.2, 0.25) is 0 Å². The first-order valence-corrected chi connectivity index (χ1v) is 12.7. The quantitative estimate of drug-likeness (QED) is 0.293. The Bertz CT molecular complexity index is 1770. The third kappa shape index (κ3) is 4.20. The summed E-state index contributed by atoms with van der Waals surface area (Å²) in [5.74, 6) is 1.10. The van der Waals surface area contributed by atoms with E-state index in [0.29, 0.717) is 23.7 Å². The molecule has 1 amide bonds. The predicted molar refractivity (Wildman–Crippen MR) is 154 cm³/mol. The van der Waals surface area contributed by atoms with Crippen molar-refractivity contribution in [2.75, 3.05) is 17.7 Å². The number of carbonyl (C=O) groups is 1. The van der Waals surface area contributed by atoms with E-state index >= 15 is 0 Å². The molecule has 0 saturated heterocycles. The summed E-state index contributed by atoms with van der Waals surface area (Å²) in [6.45, 7) is 7.92. The summed E-state index contributed by atoms with van der Waals surface area (Å²) in [7, 11) is 1.97. The lowest BCUT2D eigenvalue weighted by molar-refractivity contribution is -0.112. The molecule has 4 heterocycles. The molecule has 8 heteroatoms. The molecule has 3 N–H and O–H groups in total. The van der Waals surface area contributed by atoms with Crippen LogP contribution in [0.1, 0.15) is 29.8 Å². The van der Waals surface area contributed by atoms with Crippen LogP contribution in [0.3, 0.4) is 0 Å². The van der Waals surface area contributed by atoms with E-state index in [9.17, 15) is 4.79 Å². The van der Waals surface area contributed by atoms with Crippen molar-refractivity contribution in [2.24, 2.45) is 7.05 Å². The number of hydrogen-bond acceptors (Lipinski definition) is 6. The van der Waals surface area contributed by atoms with Gasteiger partial charge in [0, 0.05) is 35.1 Å². The number of aromatic nitrogens is 4. The zero-order chi connectivity index (χ0) is 27.3. The van der Waals surface area contributed by atoms with Gasteiger partial charge in [-0.2, -0.15) is 0 Å². The molecule has 6 rings (SSSR count). The Labute approximate surface area is 226 Å². The number of benzene rings is 2. The smallest absolute Gasteiger partial charge is 0.250 e. The van der Waals surface area contributed by atoms with Crippen molar-refractivity contribution in [3.8, 4) is 28.1 Å². The summed E-state index contributed by atoms with van der Waals surface area (Å²) >= 11 is 0. The van der Waals surface area contributed by atoms with Crippen LogP contribution >= 0.6 is 0 Å². The van der Waals surface area contributed by atoms with Crippen molar-refractivity contribution in [1.29, 1.82) is 0 Å². The van der Waals surface area contributed by atoms with Gasteiger partial charge in [0.1, 0.15) is 30.1 Å². The number of amides is 1. The highest BCUT2D eigenvalue weighted by atomic mass is 16.5. The molecule has 0 spiro atoms. The van der Waals surface area contributed by atoms with Crippen LogP contribution in [-0.2, 0) is 11.8 Å². The van der Waals surface area contributed by atoms with Gasteiger partial charge >= 0.3 is 0 Å². The predicted octanol–water partition coefficient (Wildman–Crippen LogP) is 5.63. The molecule has 1 aliphatic heterocycles. The highest BCUT2D eigenvalue weighted by Crippen LogP contribution is 2.45. The number of hydrogen-bond donors (Lipinski definition) is 2. The number of carbonyl (C=O) groups excluding carboxylic acids is 1. The molecule has 39 heavy (non-hydrogen) atoms. The topological polar surface area (TPSA) is 108 Å². The van der Waals surface area contributed by atoms with Crippen LogP contribution in [0.15, 0.2) is 79.1 Å². The number of ether oxygens (including phenoxy) is 1. The van der Waals surface area contributed by atoms with Gasteiger partial charge in [0.25, 0.3) is 5.91 Å². The van der Waals surface area contributed by atoms with Gasteiger partial charge < -0.3 is 20.4 Å². The summed E-state index contributed by atoms with van der Waals surface area (Å²) in [4.78, 5) is 25.7. The van der Waals surface area contributed by atoms with E-state index in [0.717, 1.165) is 56.1 Å². The Hall–Kier alpha value is -4.98. The fraction of sp³-hybridized carbons (Fsp3) is 0.161. The summed E-state index contributed by atoms with van der Waals surface area (Å²) in [5.41, 5.74) is 15.2. The average molecular weight is 517 g/mol. The maximum atomic E-state index is 12.1. The summed E-state index contributed by atoms with van der Waals surface area (Å²) in [6.07, 6.45) is 1.48. The van der Waals surface area contributed by atoms with Gasteiger partial charge in [-0.3, -0.25) is 9.78 Å². The Morgan fingerprint density at radius 1 is 1.10 bits per heavy atom. The lowest BCUT2D eigenvalue weighted by Crippen LogP contribution is -2.11. The third-order valence-corrected chi connectivity index (χ3v) is 7.15. The first-order chi connectivity index (χ1) is 18.8. The van der Waals surface area contributed by atoms with Crippen molar-refractivity contribution in [2.45, 2.75) is 19.8 Å². The maximum absolute atomic E-state index is 12.1. The van der Waals surface area contributed by atoms with Crippen molar-refractivity contribution >= 4 is 28.4 Å². The van der Waals surface area contributed by atoms with Gasteiger partial charge in [0.05, 0.1) is 22.7 Å². The van der Waals surface area contributed by atoms with Crippen LogP contribution in [0.4, 0.5) is 11.5 Å². The van der Waals surface area contributed by atoms with E-state index in [1.54, 1.807) is 6.92 Å². The fourth-order valence-electron chi connectivity index (χ4n) is 5.21. The number of nitrogens with one attached hydrogen (secondary N) is 1. The van der Waals surface area contributed by atoms with Crippen LogP contribution in [0.5, 0.6) is 5.75 Å². The number of pyridine rings is 1. The molecule has 194 valence electrons. The number of nitrogens with two attached hydrogens (primary N) is 1. The van der Waals surface area contributed by atoms with Crippen LogP contribution in [0.2, 0.25) is 0 Å². The monoisotopic (exact) mass is 516 g/mol. The molecule has 1 aliphatic rings. The second-order valence-electron chi connectivity index (χ2n) is 9.87. The van der Waals surface area contributed by atoms with E-state index in [4.69, 9.17) is 15.5 Å². The van der Waals surface area contributed by atoms with E-state index in [-0.39, 0.29) is 11.8 Å². The number of rotatable bonds is 5. The second-order valence-corrected chi connectivity index (χ2v) is 9.87. The molecular weight excluding hydrogens is 488 g/mol. The van der Waals surface area contributed by atoms with E-state index in [1.165, 1.54) is 6.33 Å². The molecule has 2 aromatic carbocycles. The molecule has 0 saturated carbocycles. The zero-order valence-electron chi connectivity index (χ0n) is 22.0. The van der Waals surface area contributed by atoms with Crippen molar-refractivity contribution in [1.82, 2.24) is 19.5 Å². The van der Waals surface area contributed by atoms with E-state index in [2.05, 4.69) is 40.1 Å². The number of nitrogens with zero attached hydrogens (tertiary/aromatic N) is 4. The standard InChI is InChI=1S/C31H28N6O2/c1-17(2)31(38)36-21-11-8-19(9-12-21)28-26(27-29(32)33-16-34-30(27)37(28)4)20-10-13-22-23(15-39-25(22)14-20)24-7-5-6-18(3)35-24/h5-14,16,23H,1,15H2,2-4H3,(H,36,38)(H2,32,33,34)/t23-/m0/s1. The Morgan fingerprint density at radius 3 is 2.62 bits per heavy atom. The molecule has 3 aromatic heterocycles. The van der Waals surface area contributed by atoms with E-state index in [1.807, 2.05) is 61.0 Å². The Morgan fingerprint density at radius 2 is 1.87 bits per heavy atom. The normalized spacial score (nSPS) is 14.2. The molecule has 0 bridgehead atoms. The summed E-state index contributed by atoms with van der Waals surface area (Å²) < 4.78 is 8.20. The van der Waals surface area contributed by atoms with Crippen LogP contribution in [0.25, 0.3) is 33.4 Å². The van der Waals surface area contributed by atoms with Crippen LogP contribution in [-0.4, -0.2) is 32.0 Å². The Kier molecular flexibility index (Phi) is 5.87. The van der Waals surface area contributed by atoms with Gasteiger partial charge in [-0.15, -0.1) is 0 Å². The van der Waals surface area contributed by atoms with Gasteiger partial charge in [-0.05, 0) is 55.3 Å². The molecule has 8 nitrogen and oxygen atoms in total. The lowest BCUT2D eigenvalue weighted by Gasteiger charge is -2.12. The first-order valence-electron chi connectivity index (χ1n) is 12.7. The number of nitrogen functional groups attached to an aromatic ring is 1. The number of aryl methyl sites for hydroxylation is 2.